The fraction of sp³-hybridized carbons (Fsp3) is 0.200. The Morgan fingerprint density at radius 1 is 0.865 bits per heavy atom. The van der Waals surface area contributed by atoms with Gasteiger partial charge in [-0.3, -0.25) is 14.6 Å². The minimum atomic E-state index is -0.0972. The molecular weight excluding hydrogens is 462 g/mol. The fourth-order valence-corrected chi connectivity index (χ4v) is 5.05. The quantitative estimate of drug-likeness (QED) is 0.383. The molecule has 2 aromatic carbocycles. The third-order valence-electron chi connectivity index (χ3n) is 7.19. The average Bonchev–Trinajstić information content (AvgIpc) is 3.43. The van der Waals surface area contributed by atoms with Crippen molar-refractivity contribution in [2.75, 3.05) is 13.1 Å². The lowest BCUT2D eigenvalue weighted by molar-refractivity contribution is 0.0713. The van der Waals surface area contributed by atoms with Gasteiger partial charge in [0.2, 0.25) is 0 Å². The van der Waals surface area contributed by atoms with E-state index in [-0.39, 0.29) is 11.8 Å². The first-order valence-corrected chi connectivity index (χ1v) is 12.6. The monoisotopic (exact) mass is 489 g/mol. The fourth-order valence-electron chi connectivity index (χ4n) is 5.05. The standard InChI is InChI=1S/C30H27N5O2/c36-29(33-20-21-9-14-34-17-13-32-28(34)18-21)25-6-3-22(4-7-25)23-10-15-35(16-11-23)30(37)26-8-5-24-2-1-12-31-27(24)19-26/h1-9,12-14,17-19,23H,10-11,15-16,20H2,(H,33,36). The van der Waals surface area contributed by atoms with Crippen LogP contribution in [-0.4, -0.2) is 44.2 Å². The second-order valence-corrected chi connectivity index (χ2v) is 9.51. The maximum absolute atomic E-state index is 13.1. The summed E-state index contributed by atoms with van der Waals surface area (Å²) >= 11 is 0. The van der Waals surface area contributed by atoms with Crippen molar-refractivity contribution < 1.29 is 9.59 Å². The highest BCUT2D eigenvalue weighted by Crippen LogP contribution is 2.29. The maximum Gasteiger partial charge on any atom is 0.253 e. The molecule has 1 N–H and O–H groups in total. The molecule has 37 heavy (non-hydrogen) atoms. The minimum Gasteiger partial charge on any atom is -0.348 e. The number of likely N-dealkylation sites (tertiary alicyclic amines) is 1. The van der Waals surface area contributed by atoms with Crippen molar-refractivity contribution in [2.24, 2.45) is 0 Å². The van der Waals surface area contributed by atoms with Crippen molar-refractivity contribution in [3.63, 3.8) is 0 Å². The highest BCUT2D eigenvalue weighted by molar-refractivity contribution is 5.98. The summed E-state index contributed by atoms with van der Waals surface area (Å²) in [7, 11) is 0. The molecule has 1 aliphatic rings. The summed E-state index contributed by atoms with van der Waals surface area (Å²) in [6, 6.07) is 21.4. The third-order valence-corrected chi connectivity index (χ3v) is 7.19. The van der Waals surface area contributed by atoms with E-state index in [2.05, 4.69) is 15.3 Å². The molecule has 0 atom stereocenters. The van der Waals surface area contributed by atoms with E-state index >= 15 is 0 Å². The lowest BCUT2D eigenvalue weighted by atomic mass is 9.88. The van der Waals surface area contributed by atoms with Gasteiger partial charge in [-0.15, -0.1) is 0 Å². The molecule has 5 aromatic rings. The van der Waals surface area contributed by atoms with E-state index in [1.807, 2.05) is 88.4 Å². The number of nitrogens with one attached hydrogen (secondary N) is 1. The smallest absolute Gasteiger partial charge is 0.253 e. The lowest BCUT2D eigenvalue weighted by Gasteiger charge is -2.32. The molecule has 1 fully saturated rings. The van der Waals surface area contributed by atoms with Crippen molar-refractivity contribution in [1.29, 1.82) is 0 Å². The summed E-state index contributed by atoms with van der Waals surface area (Å²) in [6.45, 7) is 1.88. The van der Waals surface area contributed by atoms with Gasteiger partial charge in [0.25, 0.3) is 11.8 Å². The number of nitrogens with zero attached hydrogens (tertiary/aromatic N) is 4. The van der Waals surface area contributed by atoms with Gasteiger partial charge in [0.1, 0.15) is 5.65 Å². The number of amides is 2. The van der Waals surface area contributed by atoms with Crippen molar-refractivity contribution in [3.05, 3.63) is 114 Å². The molecule has 3 aromatic heterocycles. The Hall–Kier alpha value is -4.52. The van der Waals surface area contributed by atoms with E-state index in [0.717, 1.165) is 35.0 Å². The number of rotatable bonds is 5. The SMILES string of the molecule is O=C(NCc1ccn2ccnc2c1)c1ccc(C2CCN(C(=O)c3ccc4cccnc4c3)CC2)cc1. The van der Waals surface area contributed by atoms with Crippen LogP contribution in [0.4, 0.5) is 0 Å². The van der Waals surface area contributed by atoms with Crippen LogP contribution < -0.4 is 5.32 Å². The van der Waals surface area contributed by atoms with Gasteiger partial charge >= 0.3 is 0 Å². The number of fused-ring (bicyclic) bond motifs is 2. The first-order valence-electron chi connectivity index (χ1n) is 12.6. The van der Waals surface area contributed by atoms with E-state index in [9.17, 15) is 9.59 Å². The lowest BCUT2D eigenvalue weighted by Crippen LogP contribution is -2.37. The number of benzene rings is 2. The van der Waals surface area contributed by atoms with Crippen molar-refractivity contribution in [1.82, 2.24) is 24.6 Å². The topological polar surface area (TPSA) is 79.6 Å². The van der Waals surface area contributed by atoms with E-state index in [1.54, 1.807) is 12.4 Å². The molecule has 7 nitrogen and oxygen atoms in total. The largest absolute Gasteiger partial charge is 0.348 e. The molecule has 0 aliphatic carbocycles. The molecule has 6 rings (SSSR count). The number of carbonyl (C=O) groups is 2. The zero-order chi connectivity index (χ0) is 25.2. The van der Waals surface area contributed by atoms with Crippen LogP contribution in [-0.2, 0) is 6.54 Å². The predicted octanol–water partition coefficient (Wildman–Crippen LogP) is 4.83. The van der Waals surface area contributed by atoms with Crippen LogP contribution in [0.15, 0.2) is 91.5 Å². The van der Waals surface area contributed by atoms with Gasteiger partial charge in [0, 0.05) is 60.9 Å². The van der Waals surface area contributed by atoms with E-state index < -0.39 is 0 Å². The number of pyridine rings is 2. The van der Waals surface area contributed by atoms with Crippen LogP contribution in [0.2, 0.25) is 0 Å². The first kappa shape index (κ1) is 22.9. The molecule has 0 radical (unpaired) electrons. The zero-order valence-corrected chi connectivity index (χ0v) is 20.4. The van der Waals surface area contributed by atoms with Crippen LogP contribution in [0.5, 0.6) is 0 Å². The molecule has 0 bridgehead atoms. The summed E-state index contributed by atoms with van der Waals surface area (Å²) in [5.74, 6) is 0.339. The number of piperidine rings is 1. The second kappa shape index (κ2) is 9.85. The summed E-state index contributed by atoms with van der Waals surface area (Å²) in [5, 5.41) is 4.02. The molecule has 1 saturated heterocycles. The van der Waals surface area contributed by atoms with Gasteiger partial charge in [-0.05, 0) is 72.4 Å². The van der Waals surface area contributed by atoms with Crippen LogP contribution in [0, 0.1) is 0 Å². The van der Waals surface area contributed by atoms with E-state index in [4.69, 9.17) is 0 Å². The van der Waals surface area contributed by atoms with Crippen LogP contribution in [0.1, 0.15) is 50.6 Å². The predicted molar refractivity (Wildman–Crippen MR) is 142 cm³/mol. The Kier molecular flexibility index (Phi) is 6.10. The van der Waals surface area contributed by atoms with Crippen molar-refractivity contribution in [3.8, 4) is 0 Å². The highest BCUT2D eigenvalue weighted by atomic mass is 16.2. The molecular formula is C30H27N5O2. The van der Waals surface area contributed by atoms with E-state index in [1.165, 1.54) is 5.56 Å². The minimum absolute atomic E-state index is 0.0601. The number of carbonyl (C=O) groups excluding carboxylic acids is 2. The Bertz CT molecular complexity index is 1580. The van der Waals surface area contributed by atoms with Crippen molar-refractivity contribution in [2.45, 2.75) is 25.3 Å². The highest BCUT2D eigenvalue weighted by Gasteiger charge is 2.25. The summed E-state index contributed by atoms with van der Waals surface area (Å²) in [5.41, 5.74) is 5.24. The summed E-state index contributed by atoms with van der Waals surface area (Å²) in [4.78, 5) is 36.3. The Morgan fingerprint density at radius 2 is 1.68 bits per heavy atom. The molecule has 0 unspecified atom stereocenters. The third kappa shape index (κ3) is 4.80. The number of aromatic nitrogens is 3. The Morgan fingerprint density at radius 3 is 2.51 bits per heavy atom. The first-order chi connectivity index (χ1) is 18.1. The second-order valence-electron chi connectivity index (χ2n) is 9.51. The molecule has 1 aliphatic heterocycles. The van der Waals surface area contributed by atoms with Gasteiger partial charge in [0.05, 0.1) is 5.52 Å². The van der Waals surface area contributed by atoms with Gasteiger partial charge in [0.15, 0.2) is 0 Å². The van der Waals surface area contributed by atoms with Crippen molar-refractivity contribution >= 4 is 28.4 Å². The molecule has 0 spiro atoms. The van der Waals surface area contributed by atoms with E-state index in [0.29, 0.717) is 36.7 Å². The Balaban J connectivity index is 1.04. The summed E-state index contributed by atoms with van der Waals surface area (Å²) < 4.78 is 1.94. The summed E-state index contributed by atoms with van der Waals surface area (Å²) in [6.07, 6.45) is 9.14. The van der Waals surface area contributed by atoms with Gasteiger partial charge in [-0.1, -0.05) is 24.3 Å². The number of hydrogen-bond acceptors (Lipinski definition) is 4. The number of imidazole rings is 1. The molecule has 184 valence electrons. The molecule has 7 heteroatoms. The maximum atomic E-state index is 13.1. The average molecular weight is 490 g/mol. The number of hydrogen-bond donors (Lipinski definition) is 1. The van der Waals surface area contributed by atoms with Gasteiger partial charge in [-0.2, -0.15) is 0 Å². The normalized spacial score (nSPS) is 14.2. The van der Waals surface area contributed by atoms with Gasteiger partial charge < -0.3 is 14.6 Å². The molecule has 4 heterocycles. The Labute approximate surface area is 214 Å². The van der Waals surface area contributed by atoms with Gasteiger partial charge in [-0.25, -0.2) is 4.98 Å². The molecule has 2 amide bonds. The zero-order valence-electron chi connectivity index (χ0n) is 20.4. The van der Waals surface area contributed by atoms with Crippen LogP contribution >= 0.6 is 0 Å². The molecule has 0 saturated carbocycles. The van der Waals surface area contributed by atoms with Crippen LogP contribution in [0.25, 0.3) is 16.6 Å². The van der Waals surface area contributed by atoms with Crippen LogP contribution in [0.3, 0.4) is 0 Å².